The molecule has 0 radical (unpaired) electrons. The van der Waals surface area contributed by atoms with Crippen LogP contribution in [0.25, 0.3) is 0 Å². The first-order valence-electron chi connectivity index (χ1n) is 10.2. The van der Waals surface area contributed by atoms with Gasteiger partial charge in [0.15, 0.2) is 0 Å². The summed E-state index contributed by atoms with van der Waals surface area (Å²) in [7, 11) is 3.12. The Morgan fingerprint density at radius 3 is 2.56 bits per heavy atom. The number of hydrogen-bond acceptors (Lipinski definition) is 6. The van der Waals surface area contributed by atoms with Crippen LogP contribution in [0.1, 0.15) is 51.4 Å². The van der Waals surface area contributed by atoms with Crippen LogP contribution in [0.4, 0.5) is 4.79 Å². The fourth-order valence-corrected chi connectivity index (χ4v) is 5.88. The second kappa shape index (κ2) is 9.78. The third-order valence-electron chi connectivity index (χ3n) is 6.08. The molecular formula is C19H32N4O3S. The number of esters is 1. The predicted molar refractivity (Wildman–Crippen MR) is 107 cm³/mol. The summed E-state index contributed by atoms with van der Waals surface area (Å²) in [5.74, 6) is 1.43. The van der Waals surface area contributed by atoms with Crippen molar-refractivity contribution in [3.05, 3.63) is 0 Å². The molecule has 0 aromatic heterocycles. The number of hydrazone groups is 1. The molecule has 2 heterocycles. The van der Waals surface area contributed by atoms with Gasteiger partial charge < -0.3 is 15.4 Å². The topological polar surface area (TPSA) is 83.0 Å². The first-order chi connectivity index (χ1) is 13.1. The number of ether oxygens (including phenoxy) is 1. The maximum atomic E-state index is 12.4. The summed E-state index contributed by atoms with van der Waals surface area (Å²) in [5, 5.41) is 13.9. The Hall–Kier alpha value is -1.28. The summed E-state index contributed by atoms with van der Waals surface area (Å²) in [6.45, 7) is 2.04. The van der Waals surface area contributed by atoms with Crippen LogP contribution in [0, 0.1) is 17.8 Å². The van der Waals surface area contributed by atoms with Crippen LogP contribution in [-0.4, -0.2) is 54.7 Å². The quantitative estimate of drug-likeness (QED) is 0.698. The lowest BCUT2D eigenvalue weighted by atomic mass is 9.80. The van der Waals surface area contributed by atoms with E-state index in [4.69, 9.17) is 9.84 Å². The van der Waals surface area contributed by atoms with Crippen molar-refractivity contribution in [2.45, 2.75) is 56.7 Å². The Balaban J connectivity index is 1.56. The SMILES string of the molecule is CNC(=O)N1N=C(C2CCC(CCC(=O)OC)CC2)SC1C1CCNCC1. The molecule has 1 atom stereocenters. The Kier molecular flexibility index (Phi) is 7.41. The van der Waals surface area contributed by atoms with Gasteiger partial charge in [-0.25, -0.2) is 9.80 Å². The van der Waals surface area contributed by atoms with Gasteiger partial charge in [0.05, 0.1) is 12.2 Å². The molecule has 2 aliphatic heterocycles. The first kappa shape index (κ1) is 20.5. The van der Waals surface area contributed by atoms with Gasteiger partial charge in [0.25, 0.3) is 0 Å². The molecule has 1 saturated carbocycles. The van der Waals surface area contributed by atoms with Gasteiger partial charge in [-0.1, -0.05) is 11.8 Å². The molecule has 3 rings (SSSR count). The number of amides is 2. The van der Waals surface area contributed by atoms with E-state index in [0.29, 0.717) is 24.2 Å². The average molecular weight is 397 g/mol. The summed E-state index contributed by atoms with van der Waals surface area (Å²) in [5.41, 5.74) is 0. The molecule has 1 aliphatic carbocycles. The van der Waals surface area contributed by atoms with Crippen molar-refractivity contribution in [3.8, 4) is 0 Å². The van der Waals surface area contributed by atoms with Gasteiger partial charge in [0, 0.05) is 19.4 Å². The number of piperidine rings is 1. The van der Waals surface area contributed by atoms with E-state index >= 15 is 0 Å². The maximum Gasteiger partial charge on any atom is 0.338 e. The number of methoxy groups -OCH3 is 1. The number of carbonyl (C=O) groups excluding carboxylic acids is 2. The molecule has 0 aromatic rings. The highest BCUT2D eigenvalue weighted by molar-refractivity contribution is 8.14. The summed E-state index contributed by atoms with van der Waals surface area (Å²) >= 11 is 1.81. The molecular weight excluding hydrogens is 364 g/mol. The molecule has 0 aromatic carbocycles. The minimum absolute atomic E-state index is 0.104. The molecule has 2 N–H and O–H groups in total. The zero-order valence-electron chi connectivity index (χ0n) is 16.4. The molecule has 0 spiro atoms. The van der Waals surface area contributed by atoms with Crippen molar-refractivity contribution in [1.82, 2.24) is 15.6 Å². The van der Waals surface area contributed by atoms with Crippen molar-refractivity contribution >= 4 is 28.8 Å². The number of thioether (sulfide) groups is 1. The van der Waals surface area contributed by atoms with Gasteiger partial charge >= 0.3 is 12.0 Å². The molecule has 2 fully saturated rings. The second-order valence-corrected chi connectivity index (χ2v) is 8.90. The Morgan fingerprint density at radius 1 is 1.22 bits per heavy atom. The maximum absolute atomic E-state index is 12.4. The first-order valence-corrected chi connectivity index (χ1v) is 11.0. The Bertz CT molecular complexity index is 557. The van der Waals surface area contributed by atoms with E-state index in [0.717, 1.165) is 63.1 Å². The van der Waals surface area contributed by atoms with Crippen molar-refractivity contribution in [1.29, 1.82) is 0 Å². The molecule has 8 heteroatoms. The van der Waals surface area contributed by atoms with Crippen LogP contribution < -0.4 is 10.6 Å². The van der Waals surface area contributed by atoms with E-state index in [2.05, 4.69) is 10.6 Å². The number of urea groups is 1. The number of rotatable bonds is 5. The van der Waals surface area contributed by atoms with Crippen LogP contribution in [-0.2, 0) is 9.53 Å². The highest BCUT2D eigenvalue weighted by atomic mass is 32.2. The van der Waals surface area contributed by atoms with Gasteiger partial charge in [-0.15, -0.1) is 0 Å². The molecule has 7 nitrogen and oxygen atoms in total. The third kappa shape index (κ3) is 5.16. The zero-order chi connectivity index (χ0) is 19.2. The molecule has 1 unspecified atom stereocenters. The van der Waals surface area contributed by atoms with Crippen molar-refractivity contribution in [3.63, 3.8) is 0 Å². The Labute approximate surface area is 166 Å². The predicted octanol–water partition coefficient (Wildman–Crippen LogP) is 2.77. The minimum Gasteiger partial charge on any atom is -0.469 e. The highest BCUT2D eigenvalue weighted by Gasteiger charge is 2.40. The molecule has 0 bridgehead atoms. The summed E-state index contributed by atoms with van der Waals surface area (Å²) in [6, 6.07) is -0.104. The zero-order valence-corrected chi connectivity index (χ0v) is 17.2. The van der Waals surface area contributed by atoms with Crippen LogP contribution >= 0.6 is 11.8 Å². The second-order valence-electron chi connectivity index (χ2n) is 7.77. The fraction of sp³-hybridized carbons (Fsp3) is 0.842. The number of carbonyl (C=O) groups is 2. The van der Waals surface area contributed by atoms with E-state index in [-0.39, 0.29) is 17.4 Å². The average Bonchev–Trinajstić information content (AvgIpc) is 3.18. The van der Waals surface area contributed by atoms with Crippen molar-refractivity contribution in [2.75, 3.05) is 27.2 Å². The smallest absolute Gasteiger partial charge is 0.338 e. The van der Waals surface area contributed by atoms with E-state index in [1.807, 2.05) is 11.8 Å². The van der Waals surface area contributed by atoms with Crippen LogP contribution in [0.2, 0.25) is 0 Å². The Morgan fingerprint density at radius 2 is 1.93 bits per heavy atom. The normalized spacial score (nSPS) is 29.3. The van der Waals surface area contributed by atoms with E-state index in [1.165, 1.54) is 7.11 Å². The van der Waals surface area contributed by atoms with E-state index in [1.54, 1.807) is 12.1 Å². The monoisotopic (exact) mass is 396 g/mol. The van der Waals surface area contributed by atoms with Gasteiger partial charge in [0.1, 0.15) is 5.37 Å². The van der Waals surface area contributed by atoms with Gasteiger partial charge in [0.2, 0.25) is 0 Å². The van der Waals surface area contributed by atoms with Gasteiger partial charge in [-0.3, -0.25) is 4.79 Å². The lowest BCUT2D eigenvalue weighted by Gasteiger charge is -2.31. The van der Waals surface area contributed by atoms with Crippen LogP contribution in [0.5, 0.6) is 0 Å². The van der Waals surface area contributed by atoms with Crippen LogP contribution in [0.3, 0.4) is 0 Å². The molecule has 1 saturated heterocycles. The highest BCUT2D eigenvalue weighted by Crippen LogP contribution is 2.42. The molecule has 27 heavy (non-hydrogen) atoms. The largest absolute Gasteiger partial charge is 0.469 e. The van der Waals surface area contributed by atoms with E-state index in [9.17, 15) is 9.59 Å². The molecule has 3 aliphatic rings. The van der Waals surface area contributed by atoms with Gasteiger partial charge in [-0.05, 0) is 69.9 Å². The lowest BCUT2D eigenvalue weighted by Crippen LogP contribution is -2.44. The summed E-state index contributed by atoms with van der Waals surface area (Å²) in [6.07, 6.45) is 8.06. The number of nitrogens with zero attached hydrogens (tertiary/aromatic N) is 2. The standard InChI is InChI=1S/C19H32N4O3S/c1-20-19(25)23-18(15-9-11-21-12-10-15)27-17(22-23)14-6-3-13(4-7-14)5-8-16(24)26-2/h13-15,18,21H,3-12H2,1-2H3,(H,20,25). The van der Waals surface area contributed by atoms with Crippen molar-refractivity contribution < 1.29 is 14.3 Å². The summed E-state index contributed by atoms with van der Waals surface area (Å²) < 4.78 is 4.75. The summed E-state index contributed by atoms with van der Waals surface area (Å²) in [4.78, 5) is 23.7. The lowest BCUT2D eigenvalue weighted by molar-refractivity contribution is -0.141. The van der Waals surface area contributed by atoms with Crippen LogP contribution in [0.15, 0.2) is 5.10 Å². The number of hydrogen-bond donors (Lipinski definition) is 2. The van der Waals surface area contributed by atoms with Gasteiger partial charge in [-0.2, -0.15) is 5.10 Å². The third-order valence-corrected chi connectivity index (χ3v) is 7.56. The molecule has 152 valence electrons. The van der Waals surface area contributed by atoms with E-state index < -0.39 is 0 Å². The fourth-order valence-electron chi connectivity index (χ4n) is 4.36. The van der Waals surface area contributed by atoms with Crippen molar-refractivity contribution in [2.24, 2.45) is 22.9 Å². The minimum atomic E-state index is -0.112. The molecule has 2 amide bonds. The number of nitrogens with one attached hydrogen (secondary N) is 2.